The summed E-state index contributed by atoms with van der Waals surface area (Å²) in [5.74, 6) is 0.579. The van der Waals surface area contributed by atoms with Gasteiger partial charge in [0.25, 0.3) is 5.91 Å². The zero-order chi connectivity index (χ0) is 14.7. The van der Waals surface area contributed by atoms with Crippen LogP contribution in [0.4, 0.5) is 0 Å². The first-order valence-corrected chi connectivity index (χ1v) is 7.32. The number of carbonyl (C=O) groups is 1. The van der Waals surface area contributed by atoms with Crippen molar-refractivity contribution in [1.29, 1.82) is 0 Å². The van der Waals surface area contributed by atoms with E-state index in [0.29, 0.717) is 11.8 Å². The summed E-state index contributed by atoms with van der Waals surface area (Å²) in [5.41, 5.74) is 0.137. The predicted molar refractivity (Wildman–Crippen MR) is 77.8 cm³/mol. The molecular formula is C16H23NO3. The third-order valence-corrected chi connectivity index (χ3v) is 4.22. The first-order chi connectivity index (χ1) is 9.49. The minimum Gasteiger partial charge on any atom is -0.508 e. The number of rotatable bonds is 3. The molecule has 0 saturated heterocycles. The van der Waals surface area contributed by atoms with E-state index in [9.17, 15) is 15.0 Å². The Hall–Kier alpha value is -1.71. The molecule has 0 spiro atoms. The van der Waals surface area contributed by atoms with E-state index in [-0.39, 0.29) is 29.0 Å². The molecule has 4 nitrogen and oxygen atoms in total. The molecule has 2 rings (SSSR count). The SMILES string of the molecule is CC(C)C1CCCCC1NC(=O)c1cc(O)ccc1O. The van der Waals surface area contributed by atoms with Crippen LogP contribution in [0.15, 0.2) is 18.2 Å². The average molecular weight is 277 g/mol. The second-order valence-electron chi connectivity index (χ2n) is 5.97. The van der Waals surface area contributed by atoms with Crippen molar-refractivity contribution in [3.63, 3.8) is 0 Å². The molecule has 0 radical (unpaired) electrons. The smallest absolute Gasteiger partial charge is 0.255 e. The van der Waals surface area contributed by atoms with Crippen LogP contribution in [0.2, 0.25) is 0 Å². The number of aromatic hydroxyl groups is 2. The molecule has 0 heterocycles. The van der Waals surface area contributed by atoms with Gasteiger partial charge in [0.05, 0.1) is 5.56 Å². The molecule has 1 saturated carbocycles. The van der Waals surface area contributed by atoms with Crippen molar-refractivity contribution < 1.29 is 15.0 Å². The van der Waals surface area contributed by atoms with Crippen molar-refractivity contribution in [3.05, 3.63) is 23.8 Å². The highest BCUT2D eigenvalue weighted by atomic mass is 16.3. The number of hydrogen-bond acceptors (Lipinski definition) is 3. The summed E-state index contributed by atoms with van der Waals surface area (Å²) in [4.78, 5) is 12.3. The van der Waals surface area contributed by atoms with Gasteiger partial charge in [-0.3, -0.25) is 4.79 Å². The second-order valence-corrected chi connectivity index (χ2v) is 5.97. The first kappa shape index (κ1) is 14.7. The van der Waals surface area contributed by atoms with Gasteiger partial charge in [-0.15, -0.1) is 0 Å². The number of hydrogen-bond donors (Lipinski definition) is 3. The fourth-order valence-electron chi connectivity index (χ4n) is 3.09. The lowest BCUT2D eigenvalue weighted by Crippen LogP contribution is -2.43. The molecule has 1 aromatic carbocycles. The summed E-state index contributed by atoms with van der Waals surface area (Å²) in [6.07, 6.45) is 4.45. The monoisotopic (exact) mass is 277 g/mol. The molecule has 1 aliphatic rings. The molecule has 0 aliphatic heterocycles. The van der Waals surface area contributed by atoms with E-state index in [0.717, 1.165) is 19.3 Å². The Morgan fingerprint density at radius 2 is 1.95 bits per heavy atom. The van der Waals surface area contributed by atoms with E-state index in [2.05, 4.69) is 19.2 Å². The summed E-state index contributed by atoms with van der Waals surface area (Å²) in [6.45, 7) is 4.36. The molecule has 1 aromatic rings. The number of benzene rings is 1. The zero-order valence-electron chi connectivity index (χ0n) is 12.1. The minimum absolute atomic E-state index is 0.0167. The Balaban J connectivity index is 2.11. The quantitative estimate of drug-likeness (QED) is 0.744. The molecule has 4 heteroatoms. The first-order valence-electron chi connectivity index (χ1n) is 7.32. The van der Waals surface area contributed by atoms with Crippen LogP contribution in [0.3, 0.4) is 0 Å². The standard InChI is InChI=1S/C16H23NO3/c1-10(2)12-5-3-4-6-14(12)17-16(20)13-9-11(18)7-8-15(13)19/h7-10,12,14,18-19H,3-6H2,1-2H3,(H,17,20). The van der Waals surface area contributed by atoms with Crippen LogP contribution >= 0.6 is 0 Å². The Morgan fingerprint density at radius 3 is 2.65 bits per heavy atom. The van der Waals surface area contributed by atoms with Crippen LogP contribution in [-0.2, 0) is 0 Å². The number of carbonyl (C=O) groups excluding carboxylic acids is 1. The van der Waals surface area contributed by atoms with Gasteiger partial charge in [0.1, 0.15) is 11.5 Å². The van der Waals surface area contributed by atoms with Crippen LogP contribution < -0.4 is 5.32 Å². The van der Waals surface area contributed by atoms with Crippen LogP contribution in [0.5, 0.6) is 11.5 Å². The number of amides is 1. The lowest BCUT2D eigenvalue weighted by atomic mass is 9.78. The maximum atomic E-state index is 12.3. The molecule has 3 N–H and O–H groups in total. The highest BCUT2D eigenvalue weighted by Gasteiger charge is 2.29. The summed E-state index contributed by atoms with van der Waals surface area (Å²) < 4.78 is 0. The predicted octanol–water partition coefficient (Wildman–Crippen LogP) is 3.04. The van der Waals surface area contributed by atoms with Crippen molar-refractivity contribution in [2.45, 2.75) is 45.6 Å². The van der Waals surface area contributed by atoms with E-state index in [1.807, 2.05) is 0 Å². The highest BCUT2D eigenvalue weighted by Crippen LogP contribution is 2.31. The van der Waals surface area contributed by atoms with Crippen LogP contribution in [0, 0.1) is 11.8 Å². The largest absolute Gasteiger partial charge is 0.508 e. The third-order valence-electron chi connectivity index (χ3n) is 4.22. The summed E-state index contributed by atoms with van der Waals surface area (Å²) in [5, 5.41) is 22.2. The van der Waals surface area contributed by atoms with Crippen molar-refractivity contribution in [2.24, 2.45) is 11.8 Å². The molecule has 2 atom stereocenters. The number of phenolic OH excluding ortho intramolecular Hbond substituents is 2. The third kappa shape index (κ3) is 3.24. The molecular weight excluding hydrogens is 254 g/mol. The van der Waals surface area contributed by atoms with Gasteiger partial charge in [-0.1, -0.05) is 26.7 Å². The lowest BCUT2D eigenvalue weighted by Gasteiger charge is -2.35. The number of phenols is 2. The number of nitrogens with one attached hydrogen (secondary N) is 1. The van der Waals surface area contributed by atoms with E-state index in [4.69, 9.17) is 0 Å². The summed E-state index contributed by atoms with van der Waals surface area (Å²) >= 11 is 0. The van der Waals surface area contributed by atoms with Crippen LogP contribution in [-0.4, -0.2) is 22.2 Å². The molecule has 110 valence electrons. The Labute approximate surface area is 119 Å². The highest BCUT2D eigenvalue weighted by molar-refractivity contribution is 5.97. The molecule has 0 aromatic heterocycles. The molecule has 1 fully saturated rings. The topological polar surface area (TPSA) is 69.6 Å². The minimum atomic E-state index is -0.309. The summed E-state index contributed by atoms with van der Waals surface area (Å²) in [7, 11) is 0. The molecule has 1 aliphatic carbocycles. The van der Waals surface area contributed by atoms with Gasteiger partial charge in [-0.25, -0.2) is 0 Å². The van der Waals surface area contributed by atoms with Gasteiger partial charge < -0.3 is 15.5 Å². The zero-order valence-corrected chi connectivity index (χ0v) is 12.1. The average Bonchev–Trinajstić information content (AvgIpc) is 2.41. The van der Waals surface area contributed by atoms with Crippen molar-refractivity contribution in [1.82, 2.24) is 5.32 Å². The van der Waals surface area contributed by atoms with Crippen molar-refractivity contribution in [2.75, 3.05) is 0 Å². The van der Waals surface area contributed by atoms with Crippen molar-refractivity contribution >= 4 is 5.91 Å². The molecule has 0 bridgehead atoms. The summed E-state index contributed by atoms with van der Waals surface area (Å²) in [6, 6.07) is 4.16. The second kappa shape index (κ2) is 6.16. The fourth-order valence-corrected chi connectivity index (χ4v) is 3.09. The molecule has 1 amide bonds. The van der Waals surface area contributed by atoms with Gasteiger partial charge in [-0.2, -0.15) is 0 Å². The van der Waals surface area contributed by atoms with E-state index in [1.54, 1.807) is 0 Å². The maximum Gasteiger partial charge on any atom is 0.255 e. The van der Waals surface area contributed by atoms with Gasteiger partial charge >= 0.3 is 0 Å². The molecule has 2 unspecified atom stereocenters. The maximum absolute atomic E-state index is 12.3. The van der Waals surface area contributed by atoms with Crippen LogP contribution in [0.25, 0.3) is 0 Å². The molecule has 20 heavy (non-hydrogen) atoms. The van der Waals surface area contributed by atoms with Gasteiger partial charge in [0, 0.05) is 6.04 Å². The van der Waals surface area contributed by atoms with E-state index in [1.165, 1.54) is 24.6 Å². The van der Waals surface area contributed by atoms with Gasteiger partial charge in [0.15, 0.2) is 0 Å². The van der Waals surface area contributed by atoms with E-state index >= 15 is 0 Å². The van der Waals surface area contributed by atoms with Crippen molar-refractivity contribution in [3.8, 4) is 11.5 Å². The Bertz CT molecular complexity index is 485. The normalized spacial score (nSPS) is 22.8. The van der Waals surface area contributed by atoms with Gasteiger partial charge in [-0.05, 0) is 42.9 Å². The lowest BCUT2D eigenvalue weighted by molar-refractivity contribution is 0.0886. The Kier molecular flexibility index (Phi) is 4.53. The van der Waals surface area contributed by atoms with Gasteiger partial charge in [0.2, 0.25) is 0 Å². The van der Waals surface area contributed by atoms with Crippen LogP contribution in [0.1, 0.15) is 49.9 Å². The van der Waals surface area contributed by atoms with E-state index < -0.39 is 0 Å². The fraction of sp³-hybridized carbons (Fsp3) is 0.562. The Morgan fingerprint density at radius 1 is 1.25 bits per heavy atom.